The van der Waals surface area contributed by atoms with Gasteiger partial charge in [-0.3, -0.25) is 4.99 Å². The molecule has 134 valence electrons. The summed E-state index contributed by atoms with van der Waals surface area (Å²) in [4.78, 5) is 4.16. The minimum absolute atomic E-state index is 0. The van der Waals surface area contributed by atoms with Gasteiger partial charge in [0, 0.05) is 33.4 Å². The number of hydrogen-bond donors (Lipinski definition) is 2. The van der Waals surface area contributed by atoms with Crippen LogP contribution in [0.25, 0.3) is 0 Å². The molecular weight excluding hydrogens is 393 g/mol. The molecule has 0 bridgehead atoms. The van der Waals surface area contributed by atoms with Crippen molar-refractivity contribution in [2.24, 2.45) is 16.8 Å². The summed E-state index contributed by atoms with van der Waals surface area (Å²) in [5, 5.41) is 6.45. The molecule has 0 amide bonds. The Hall–Kier alpha value is -0.0800. The normalized spacial score (nSPS) is 10.5. The lowest BCUT2D eigenvalue weighted by Gasteiger charge is -2.13. The fourth-order valence-electron chi connectivity index (χ4n) is 1.55. The van der Waals surface area contributed by atoms with Crippen LogP contribution in [-0.4, -0.2) is 52.5 Å². The van der Waals surface area contributed by atoms with Gasteiger partial charge in [-0.05, 0) is 24.7 Å². The van der Waals surface area contributed by atoms with E-state index in [9.17, 15) is 0 Å². The molecule has 0 fully saturated rings. The first-order chi connectivity index (χ1) is 10.1. The van der Waals surface area contributed by atoms with Crippen molar-refractivity contribution in [1.29, 1.82) is 0 Å². The van der Waals surface area contributed by atoms with E-state index < -0.39 is 0 Å². The fraction of sp³-hybridized carbons (Fsp3) is 0.938. The lowest BCUT2D eigenvalue weighted by Crippen LogP contribution is -2.40. The second kappa shape index (κ2) is 17.3. The SMILES string of the molecule is CN=C(NCCOCCC(C)C)NCCOCCC(C)C.I. The maximum Gasteiger partial charge on any atom is 0.191 e. The number of guanidine groups is 1. The topological polar surface area (TPSA) is 54.9 Å². The average molecular weight is 429 g/mol. The molecule has 0 aliphatic rings. The predicted octanol–water partition coefficient (Wildman–Crippen LogP) is 2.89. The van der Waals surface area contributed by atoms with Gasteiger partial charge >= 0.3 is 0 Å². The van der Waals surface area contributed by atoms with E-state index >= 15 is 0 Å². The molecule has 0 heterocycles. The van der Waals surface area contributed by atoms with Crippen molar-refractivity contribution in [3.63, 3.8) is 0 Å². The number of hydrogen-bond acceptors (Lipinski definition) is 3. The Morgan fingerprint density at radius 3 is 1.55 bits per heavy atom. The summed E-state index contributed by atoms with van der Waals surface area (Å²) in [6, 6.07) is 0. The molecule has 0 radical (unpaired) electrons. The molecule has 0 aromatic heterocycles. The number of nitrogens with zero attached hydrogens (tertiary/aromatic N) is 1. The van der Waals surface area contributed by atoms with Crippen LogP contribution in [0.2, 0.25) is 0 Å². The van der Waals surface area contributed by atoms with E-state index in [4.69, 9.17) is 9.47 Å². The zero-order chi connectivity index (χ0) is 15.9. The second-order valence-electron chi connectivity index (χ2n) is 6.02. The van der Waals surface area contributed by atoms with Crippen molar-refractivity contribution in [3.05, 3.63) is 0 Å². The highest BCUT2D eigenvalue weighted by Crippen LogP contribution is 1.98. The van der Waals surface area contributed by atoms with E-state index in [-0.39, 0.29) is 24.0 Å². The molecule has 6 heteroatoms. The van der Waals surface area contributed by atoms with Crippen molar-refractivity contribution in [1.82, 2.24) is 10.6 Å². The molecule has 0 aliphatic carbocycles. The number of halogens is 1. The van der Waals surface area contributed by atoms with Crippen LogP contribution in [-0.2, 0) is 9.47 Å². The first-order valence-corrected chi connectivity index (χ1v) is 8.16. The fourth-order valence-corrected chi connectivity index (χ4v) is 1.55. The monoisotopic (exact) mass is 429 g/mol. The zero-order valence-electron chi connectivity index (χ0n) is 15.0. The Morgan fingerprint density at radius 2 is 1.23 bits per heavy atom. The van der Waals surface area contributed by atoms with Gasteiger partial charge in [0.25, 0.3) is 0 Å². The van der Waals surface area contributed by atoms with Crippen LogP contribution in [0, 0.1) is 11.8 Å². The number of nitrogens with one attached hydrogen (secondary N) is 2. The van der Waals surface area contributed by atoms with Gasteiger partial charge in [-0.15, -0.1) is 24.0 Å². The minimum Gasteiger partial charge on any atom is -0.380 e. The van der Waals surface area contributed by atoms with Crippen LogP contribution in [0.15, 0.2) is 4.99 Å². The molecule has 0 saturated carbocycles. The van der Waals surface area contributed by atoms with E-state index in [0.717, 1.165) is 45.1 Å². The Labute approximate surface area is 154 Å². The summed E-state index contributed by atoms with van der Waals surface area (Å²) < 4.78 is 11.1. The van der Waals surface area contributed by atoms with Crippen molar-refractivity contribution in [2.75, 3.05) is 46.6 Å². The molecule has 2 N–H and O–H groups in total. The summed E-state index contributed by atoms with van der Waals surface area (Å²) in [5.41, 5.74) is 0. The van der Waals surface area contributed by atoms with Gasteiger partial charge in [0.1, 0.15) is 0 Å². The first kappa shape index (κ1) is 24.2. The highest BCUT2D eigenvalue weighted by molar-refractivity contribution is 14.0. The van der Waals surface area contributed by atoms with Gasteiger partial charge in [0.05, 0.1) is 13.2 Å². The molecule has 0 unspecified atom stereocenters. The van der Waals surface area contributed by atoms with E-state index in [0.29, 0.717) is 25.0 Å². The van der Waals surface area contributed by atoms with Crippen molar-refractivity contribution in [3.8, 4) is 0 Å². The molecule has 5 nitrogen and oxygen atoms in total. The Balaban J connectivity index is 0. The quantitative estimate of drug-likeness (QED) is 0.217. The molecule has 0 aromatic carbocycles. The van der Waals surface area contributed by atoms with Gasteiger partial charge in [-0.1, -0.05) is 27.7 Å². The summed E-state index contributed by atoms with van der Waals surface area (Å²) in [6.45, 7) is 13.4. The summed E-state index contributed by atoms with van der Waals surface area (Å²) >= 11 is 0. The van der Waals surface area contributed by atoms with E-state index in [1.807, 2.05) is 0 Å². The third-order valence-electron chi connectivity index (χ3n) is 2.98. The van der Waals surface area contributed by atoms with Crippen molar-refractivity contribution >= 4 is 29.9 Å². The first-order valence-electron chi connectivity index (χ1n) is 8.16. The van der Waals surface area contributed by atoms with Crippen LogP contribution < -0.4 is 10.6 Å². The van der Waals surface area contributed by atoms with Crippen molar-refractivity contribution in [2.45, 2.75) is 40.5 Å². The zero-order valence-corrected chi connectivity index (χ0v) is 17.3. The van der Waals surface area contributed by atoms with Gasteiger partial charge in [0.2, 0.25) is 0 Å². The molecule has 0 aliphatic heterocycles. The van der Waals surface area contributed by atoms with Crippen LogP contribution in [0.3, 0.4) is 0 Å². The van der Waals surface area contributed by atoms with E-state index in [2.05, 4.69) is 43.3 Å². The van der Waals surface area contributed by atoms with E-state index in [1.165, 1.54) is 0 Å². The van der Waals surface area contributed by atoms with Gasteiger partial charge < -0.3 is 20.1 Å². The molecule has 0 spiro atoms. The van der Waals surface area contributed by atoms with Gasteiger partial charge in [0.15, 0.2) is 5.96 Å². The molecule has 0 atom stereocenters. The van der Waals surface area contributed by atoms with Crippen molar-refractivity contribution < 1.29 is 9.47 Å². The Morgan fingerprint density at radius 1 is 0.818 bits per heavy atom. The smallest absolute Gasteiger partial charge is 0.191 e. The number of rotatable bonds is 12. The molecule has 22 heavy (non-hydrogen) atoms. The highest BCUT2D eigenvalue weighted by atomic mass is 127. The summed E-state index contributed by atoms with van der Waals surface area (Å²) in [6.07, 6.45) is 2.22. The lowest BCUT2D eigenvalue weighted by atomic mass is 10.1. The third kappa shape index (κ3) is 18.0. The van der Waals surface area contributed by atoms with Gasteiger partial charge in [-0.2, -0.15) is 0 Å². The number of ether oxygens (including phenoxy) is 2. The Kier molecular flexibility index (Phi) is 19.0. The molecule has 0 saturated heterocycles. The lowest BCUT2D eigenvalue weighted by molar-refractivity contribution is 0.126. The molecular formula is C16H36IN3O2. The second-order valence-corrected chi connectivity index (χ2v) is 6.02. The molecule has 0 rings (SSSR count). The largest absolute Gasteiger partial charge is 0.380 e. The van der Waals surface area contributed by atoms with Crippen LogP contribution in [0.4, 0.5) is 0 Å². The average Bonchev–Trinajstić information content (AvgIpc) is 2.43. The van der Waals surface area contributed by atoms with E-state index in [1.54, 1.807) is 7.05 Å². The predicted molar refractivity (Wildman–Crippen MR) is 105 cm³/mol. The summed E-state index contributed by atoms with van der Waals surface area (Å²) in [7, 11) is 1.77. The summed E-state index contributed by atoms with van der Waals surface area (Å²) in [5.74, 6) is 2.20. The minimum atomic E-state index is 0. The molecule has 0 aromatic rings. The highest BCUT2D eigenvalue weighted by Gasteiger charge is 1.98. The standard InChI is InChI=1S/C16H35N3O2.HI/c1-14(2)6-10-20-12-8-18-16(17-5)19-9-13-21-11-7-15(3)4;/h14-15H,6-13H2,1-5H3,(H2,17,18,19);1H. The third-order valence-corrected chi connectivity index (χ3v) is 2.98. The van der Waals surface area contributed by atoms with Gasteiger partial charge in [-0.25, -0.2) is 0 Å². The number of aliphatic imine (C=N–C) groups is 1. The van der Waals surface area contributed by atoms with Crippen LogP contribution in [0.5, 0.6) is 0 Å². The Bertz CT molecular complexity index is 240. The maximum absolute atomic E-state index is 5.55. The van der Waals surface area contributed by atoms with Crippen LogP contribution in [0.1, 0.15) is 40.5 Å². The van der Waals surface area contributed by atoms with Crippen LogP contribution >= 0.6 is 24.0 Å². The maximum atomic E-state index is 5.55.